The van der Waals surface area contributed by atoms with Crippen molar-refractivity contribution in [2.75, 3.05) is 12.8 Å². The van der Waals surface area contributed by atoms with Gasteiger partial charge >= 0.3 is 0 Å². The fraction of sp³-hybridized carbons (Fsp3) is 0.417. The van der Waals surface area contributed by atoms with Gasteiger partial charge in [0.25, 0.3) is 0 Å². The van der Waals surface area contributed by atoms with Gasteiger partial charge in [-0.1, -0.05) is 6.92 Å². The molecule has 96 valence electrons. The Labute approximate surface area is 106 Å². The number of rotatable bonds is 4. The second kappa shape index (κ2) is 5.14. The Morgan fingerprint density at radius 3 is 2.83 bits per heavy atom. The van der Waals surface area contributed by atoms with Crippen LogP contribution in [0.2, 0.25) is 0 Å². The van der Waals surface area contributed by atoms with Crippen molar-refractivity contribution in [3.63, 3.8) is 0 Å². The van der Waals surface area contributed by atoms with Crippen molar-refractivity contribution in [1.82, 2.24) is 19.7 Å². The van der Waals surface area contributed by atoms with Crippen LogP contribution in [0.4, 0.5) is 5.82 Å². The van der Waals surface area contributed by atoms with Crippen molar-refractivity contribution in [1.29, 1.82) is 0 Å². The number of hydrogen-bond acceptors (Lipinski definition) is 5. The van der Waals surface area contributed by atoms with E-state index in [1.165, 1.54) is 0 Å². The maximum Gasteiger partial charge on any atom is 0.165 e. The first-order valence-corrected chi connectivity index (χ1v) is 5.79. The highest BCUT2D eigenvalue weighted by molar-refractivity contribution is 5.59. The lowest BCUT2D eigenvalue weighted by Gasteiger charge is -2.04. The third kappa shape index (κ3) is 2.48. The largest absolute Gasteiger partial charge is 0.384 e. The molecule has 0 bridgehead atoms. The summed E-state index contributed by atoms with van der Waals surface area (Å²) in [7, 11) is 3.50. The van der Waals surface area contributed by atoms with Crippen LogP contribution in [-0.4, -0.2) is 26.9 Å². The van der Waals surface area contributed by atoms with Crippen molar-refractivity contribution in [2.45, 2.75) is 20.0 Å². The molecule has 2 aromatic heterocycles. The minimum absolute atomic E-state index is 0.418. The van der Waals surface area contributed by atoms with E-state index in [-0.39, 0.29) is 0 Å². The third-order valence-corrected chi connectivity index (χ3v) is 2.57. The fourth-order valence-electron chi connectivity index (χ4n) is 1.84. The van der Waals surface area contributed by atoms with Crippen LogP contribution in [0.25, 0.3) is 11.4 Å². The number of nitrogen functional groups attached to an aromatic ring is 1. The summed E-state index contributed by atoms with van der Waals surface area (Å²) in [4.78, 5) is 8.71. The van der Waals surface area contributed by atoms with Gasteiger partial charge in [0, 0.05) is 26.4 Å². The molecule has 0 aliphatic carbocycles. The molecule has 0 aliphatic rings. The van der Waals surface area contributed by atoms with Gasteiger partial charge in [-0.15, -0.1) is 0 Å². The summed E-state index contributed by atoms with van der Waals surface area (Å²) in [6.45, 7) is 2.47. The molecule has 6 nitrogen and oxygen atoms in total. The number of methoxy groups -OCH3 is 1. The Morgan fingerprint density at radius 2 is 2.17 bits per heavy atom. The molecule has 0 unspecified atom stereocenters. The summed E-state index contributed by atoms with van der Waals surface area (Å²) in [5.74, 6) is 1.05. The van der Waals surface area contributed by atoms with Gasteiger partial charge in [-0.05, 0) is 6.42 Å². The number of nitrogens with zero attached hydrogens (tertiary/aromatic N) is 4. The Hall–Kier alpha value is -1.95. The van der Waals surface area contributed by atoms with Gasteiger partial charge in [0.1, 0.15) is 5.82 Å². The summed E-state index contributed by atoms with van der Waals surface area (Å²) in [6, 6.07) is 1.72. The van der Waals surface area contributed by atoms with E-state index < -0.39 is 0 Å². The Balaban J connectivity index is 2.48. The molecule has 18 heavy (non-hydrogen) atoms. The lowest BCUT2D eigenvalue weighted by atomic mass is 10.2. The molecule has 0 aromatic carbocycles. The van der Waals surface area contributed by atoms with E-state index in [1.54, 1.807) is 17.9 Å². The van der Waals surface area contributed by atoms with Gasteiger partial charge in [-0.2, -0.15) is 5.10 Å². The fourth-order valence-corrected chi connectivity index (χ4v) is 1.84. The summed E-state index contributed by atoms with van der Waals surface area (Å²) < 4.78 is 6.83. The molecule has 0 radical (unpaired) electrons. The van der Waals surface area contributed by atoms with Gasteiger partial charge in [0.15, 0.2) is 5.82 Å². The molecule has 0 aliphatic heterocycles. The molecule has 0 saturated carbocycles. The highest BCUT2D eigenvalue weighted by atomic mass is 16.5. The molecule has 0 saturated heterocycles. The van der Waals surface area contributed by atoms with Crippen LogP contribution >= 0.6 is 0 Å². The normalized spacial score (nSPS) is 10.8. The zero-order valence-corrected chi connectivity index (χ0v) is 10.8. The van der Waals surface area contributed by atoms with Gasteiger partial charge in [0.05, 0.1) is 23.6 Å². The molecule has 2 rings (SSSR count). The molecule has 0 amide bonds. The van der Waals surface area contributed by atoms with E-state index >= 15 is 0 Å². The highest BCUT2D eigenvalue weighted by Crippen LogP contribution is 2.21. The quantitative estimate of drug-likeness (QED) is 0.877. The van der Waals surface area contributed by atoms with Crippen molar-refractivity contribution < 1.29 is 4.74 Å². The van der Waals surface area contributed by atoms with Gasteiger partial charge < -0.3 is 10.5 Å². The van der Waals surface area contributed by atoms with Crippen LogP contribution in [0.15, 0.2) is 12.3 Å². The second-order valence-corrected chi connectivity index (χ2v) is 4.06. The standard InChI is InChI=1S/C12H17N5O/c1-4-10-9(6-17(2)16-10)12-14-8(7-18-3)5-11(13)15-12/h5-6H,4,7H2,1-3H3,(H2,13,14,15). The monoisotopic (exact) mass is 247 g/mol. The highest BCUT2D eigenvalue weighted by Gasteiger charge is 2.12. The lowest BCUT2D eigenvalue weighted by Crippen LogP contribution is -2.02. The van der Waals surface area contributed by atoms with Crippen LogP contribution in [0, 0.1) is 0 Å². The van der Waals surface area contributed by atoms with Crippen molar-refractivity contribution >= 4 is 5.82 Å². The zero-order valence-electron chi connectivity index (χ0n) is 10.8. The van der Waals surface area contributed by atoms with E-state index in [2.05, 4.69) is 15.1 Å². The van der Waals surface area contributed by atoms with Crippen LogP contribution < -0.4 is 5.73 Å². The molecule has 0 spiro atoms. The molecule has 6 heteroatoms. The first-order valence-electron chi connectivity index (χ1n) is 5.79. The van der Waals surface area contributed by atoms with Gasteiger partial charge in [0.2, 0.25) is 0 Å². The van der Waals surface area contributed by atoms with Crippen molar-refractivity contribution in [2.24, 2.45) is 7.05 Å². The molecule has 2 aromatic rings. The number of nitrogens with two attached hydrogens (primary N) is 1. The Bertz CT molecular complexity index is 549. The van der Waals surface area contributed by atoms with E-state index in [9.17, 15) is 0 Å². The maximum absolute atomic E-state index is 5.79. The molecule has 0 atom stereocenters. The molecular formula is C12H17N5O. The van der Waals surface area contributed by atoms with Crippen molar-refractivity contribution in [3.05, 3.63) is 23.7 Å². The molecule has 2 N–H and O–H groups in total. The van der Waals surface area contributed by atoms with Gasteiger partial charge in [-0.25, -0.2) is 9.97 Å². The van der Waals surface area contributed by atoms with Crippen LogP contribution in [0.3, 0.4) is 0 Å². The van der Waals surface area contributed by atoms with E-state index in [0.29, 0.717) is 18.2 Å². The van der Waals surface area contributed by atoms with Crippen LogP contribution in [0.5, 0.6) is 0 Å². The average molecular weight is 247 g/mol. The minimum Gasteiger partial charge on any atom is -0.384 e. The number of ether oxygens (including phenoxy) is 1. The number of aryl methyl sites for hydroxylation is 2. The zero-order chi connectivity index (χ0) is 13.1. The maximum atomic E-state index is 5.79. The van der Waals surface area contributed by atoms with E-state index in [4.69, 9.17) is 10.5 Å². The first kappa shape index (κ1) is 12.5. The third-order valence-electron chi connectivity index (χ3n) is 2.57. The first-order chi connectivity index (χ1) is 8.63. The average Bonchev–Trinajstić information content (AvgIpc) is 2.70. The lowest BCUT2D eigenvalue weighted by molar-refractivity contribution is 0.181. The van der Waals surface area contributed by atoms with Crippen LogP contribution in [-0.2, 0) is 24.8 Å². The molecule has 0 fully saturated rings. The minimum atomic E-state index is 0.418. The smallest absolute Gasteiger partial charge is 0.165 e. The Morgan fingerprint density at radius 1 is 1.39 bits per heavy atom. The summed E-state index contributed by atoms with van der Waals surface area (Å²) in [5.41, 5.74) is 8.45. The Kier molecular flexibility index (Phi) is 3.57. The second-order valence-electron chi connectivity index (χ2n) is 4.06. The van der Waals surface area contributed by atoms with Crippen LogP contribution in [0.1, 0.15) is 18.3 Å². The number of anilines is 1. The number of hydrogen-bond donors (Lipinski definition) is 1. The van der Waals surface area contributed by atoms with E-state index in [0.717, 1.165) is 23.4 Å². The predicted molar refractivity (Wildman–Crippen MR) is 68.7 cm³/mol. The number of aromatic nitrogens is 4. The van der Waals surface area contributed by atoms with Gasteiger partial charge in [-0.3, -0.25) is 4.68 Å². The molecule has 2 heterocycles. The predicted octanol–water partition coefficient (Wildman–Crippen LogP) is 1.17. The topological polar surface area (TPSA) is 78.9 Å². The SMILES string of the molecule is CCc1nn(C)cc1-c1nc(N)cc(COC)n1. The summed E-state index contributed by atoms with van der Waals surface area (Å²) in [6.07, 6.45) is 2.73. The van der Waals surface area contributed by atoms with Crippen molar-refractivity contribution in [3.8, 4) is 11.4 Å². The molecular weight excluding hydrogens is 230 g/mol. The van der Waals surface area contributed by atoms with E-state index in [1.807, 2.05) is 20.2 Å². The summed E-state index contributed by atoms with van der Waals surface area (Å²) >= 11 is 0. The summed E-state index contributed by atoms with van der Waals surface area (Å²) in [5, 5.41) is 4.38.